The Hall–Kier alpha value is -2.93. The molecule has 0 atom stereocenters. The standard InChI is InChI=1S/C20H21ClFN3O3/c1-2-23-19(27)14-5-3-4-13(10-14)12-25-18(26)8-9-24-20(28)16-7-6-15(22)11-17(16)21/h3-7,10-11H,2,8-9,12H2,1H3,(H,23,27)(H,24,28)(H,25,26). The molecule has 3 amide bonds. The van der Waals surface area contributed by atoms with E-state index < -0.39 is 11.7 Å². The highest BCUT2D eigenvalue weighted by Crippen LogP contribution is 2.16. The summed E-state index contributed by atoms with van der Waals surface area (Å²) in [5.74, 6) is -1.43. The smallest absolute Gasteiger partial charge is 0.252 e. The van der Waals surface area contributed by atoms with E-state index in [4.69, 9.17) is 11.6 Å². The van der Waals surface area contributed by atoms with Crippen LogP contribution in [0.15, 0.2) is 42.5 Å². The monoisotopic (exact) mass is 405 g/mol. The van der Waals surface area contributed by atoms with Crippen LogP contribution in [0.4, 0.5) is 4.39 Å². The molecule has 6 nitrogen and oxygen atoms in total. The molecule has 2 rings (SSSR count). The number of hydrogen-bond acceptors (Lipinski definition) is 3. The fraction of sp³-hybridized carbons (Fsp3) is 0.250. The number of rotatable bonds is 8. The van der Waals surface area contributed by atoms with Crippen LogP contribution in [0, 0.1) is 5.82 Å². The van der Waals surface area contributed by atoms with Crippen molar-refractivity contribution in [1.82, 2.24) is 16.0 Å². The van der Waals surface area contributed by atoms with Gasteiger partial charge in [-0.25, -0.2) is 4.39 Å². The van der Waals surface area contributed by atoms with Crippen LogP contribution in [-0.2, 0) is 11.3 Å². The Morgan fingerprint density at radius 1 is 1.00 bits per heavy atom. The number of nitrogens with one attached hydrogen (secondary N) is 3. The van der Waals surface area contributed by atoms with Gasteiger partial charge >= 0.3 is 0 Å². The molecule has 148 valence electrons. The van der Waals surface area contributed by atoms with Crippen molar-refractivity contribution in [1.29, 1.82) is 0 Å². The molecule has 0 unspecified atom stereocenters. The number of amides is 3. The van der Waals surface area contributed by atoms with Gasteiger partial charge in [0.15, 0.2) is 0 Å². The van der Waals surface area contributed by atoms with E-state index in [1.54, 1.807) is 24.3 Å². The Morgan fingerprint density at radius 2 is 1.79 bits per heavy atom. The minimum Gasteiger partial charge on any atom is -0.352 e. The zero-order valence-electron chi connectivity index (χ0n) is 15.4. The molecule has 0 aliphatic rings. The van der Waals surface area contributed by atoms with Gasteiger partial charge in [-0.15, -0.1) is 0 Å². The first-order valence-electron chi connectivity index (χ1n) is 8.77. The maximum absolute atomic E-state index is 13.0. The molecule has 0 bridgehead atoms. The Labute approximate surface area is 167 Å². The topological polar surface area (TPSA) is 87.3 Å². The average molecular weight is 406 g/mol. The molecule has 2 aromatic rings. The van der Waals surface area contributed by atoms with Gasteiger partial charge in [-0.2, -0.15) is 0 Å². The number of hydrogen-bond donors (Lipinski definition) is 3. The minimum atomic E-state index is -0.530. The summed E-state index contributed by atoms with van der Waals surface area (Å²) in [6.45, 7) is 2.75. The molecular weight excluding hydrogens is 385 g/mol. The van der Waals surface area contributed by atoms with Crippen LogP contribution in [0.1, 0.15) is 39.6 Å². The molecule has 28 heavy (non-hydrogen) atoms. The Balaban J connectivity index is 1.78. The first kappa shape index (κ1) is 21.4. The van der Waals surface area contributed by atoms with Crippen LogP contribution in [0.25, 0.3) is 0 Å². The Bertz CT molecular complexity index is 874. The molecule has 0 fully saturated rings. The van der Waals surface area contributed by atoms with Gasteiger partial charge in [0.05, 0.1) is 10.6 Å². The maximum atomic E-state index is 13.0. The molecule has 0 aliphatic carbocycles. The van der Waals surface area contributed by atoms with E-state index in [0.717, 1.165) is 17.7 Å². The van der Waals surface area contributed by atoms with E-state index in [0.29, 0.717) is 12.1 Å². The molecule has 0 radical (unpaired) electrons. The van der Waals surface area contributed by atoms with Gasteiger partial charge in [0, 0.05) is 31.6 Å². The number of benzene rings is 2. The molecule has 8 heteroatoms. The van der Waals surface area contributed by atoms with E-state index in [1.165, 1.54) is 6.07 Å². The predicted octanol–water partition coefficient (Wildman–Crippen LogP) is 2.67. The van der Waals surface area contributed by atoms with E-state index in [-0.39, 0.29) is 41.9 Å². The third-order valence-corrected chi connectivity index (χ3v) is 4.14. The normalized spacial score (nSPS) is 10.2. The highest BCUT2D eigenvalue weighted by Gasteiger charge is 2.11. The lowest BCUT2D eigenvalue weighted by Crippen LogP contribution is -2.30. The molecule has 2 aromatic carbocycles. The number of carbonyl (C=O) groups is 3. The first-order chi connectivity index (χ1) is 13.4. The largest absolute Gasteiger partial charge is 0.352 e. The van der Waals surface area contributed by atoms with Gasteiger partial charge < -0.3 is 16.0 Å². The van der Waals surface area contributed by atoms with Gasteiger partial charge in [0.25, 0.3) is 11.8 Å². The van der Waals surface area contributed by atoms with Gasteiger partial charge in [0.1, 0.15) is 5.82 Å². The van der Waals surface area contributed by atoms with Crippen LogP contribution >= 0.6 is 11.6 Å². The predicted molar refractivity (Wildman–Crippen MR) is 105 cm³/mol. The van der Waals surface area contributed by atoms with E-state index in [9.17, 15) is 18.8 Å². The summed E-state index contributed by atoms with van der Waals surface area (Å²) in [5.41, 5.74) is 1.46. The molecule has 0 saturated carbocycles. The zero-order valence-corrected chi connectivity index (χ0v) is 16.1. The summed E-state index contributed by atoms with van der Waals surface area (Å²) in [7, 11) is 0. The van der Waals surface area contributed by atoms with Gasteiger partial charge in [-0.3, -0.25) is 14.4 Å². The summed E-state index contributed by atoms with van der Waals surface area (Å²) in [6, 6.07) is 10.4. The van der Waals surface area contributed by atoms with Crippen molar-refractivity contribution in [3.63, 3.8) is 0 Å². The second-order valence-electron chi connectivity index (χ2n) is 5.97. The molecule has 3 N–H and O–H groups in total. The summed E-state index contributed by atoms with van der Waals surface area (Å²) < 4.78 is 13.0. The van der Waals surface area contributed by atoms with E-state index in [2.05, 4.69) is 16.0 Å². The summed E-state index contributed by atoms with van der Waals surface area (Å²) in [4.78, 5) is 35.8. The third kappa shape index (κ3) is 6.35. The molecule has 0 aromatic heterocycles. The highest BCUT2D eigenvalue weighted by molar-refractivity contribution is 6.33. The molecule has 0 aliphatic heterocycles. The average Bonchev–Trinajstić information content (AvgIpc) is 2.66. The molecular formula is C20H21ClFN3O3. The second-order valence-corrected chi connectivity index (χ2v) is 6.37. The van der Waals surface area contributed by atoms with E-state index in [1.807, 2.05) is 6.92 Å². The van der Waals surface area contributed by atoms with Crippen molar-refractivity contribution >= 4 is 29.3 Å². The van der Waals surface area contributed by atoms with Crippen LogP contribution in [-0.4, -0.2) is 30.8 Å². The first-order valence-corrected chi connectivity index (χ1v) is 9.15. The lowest BCUT2D eigenvalue weighted by atomic mass is 10.1. The Morgan fingerprint density at radius 3 is 2.50 bits per heavy atom. The van der Waals surface area contributed by atoms with Crippen molar-refractivity contribution < 1.29 is 18.8 Å². The second kappa shape index (κ2) is 10.4. The quantitative estimate of drug-likeness (QED) is 0.631. The van der Waals surface area contributed by atoms with Crippen molar-refractivity contribution in [3.05, 3.63) is 70.0 Å². The lowest BCUT2D eigenvalue weighted by molar-refractivity contribution is -0.121. The van der Waals surface area contributed by atoms with Crippen molar-refractivity contribution in [2.45, 2.75) is 19.9 Å². The van der Waals surface area contributed by atoms with E-state index >= 15 is 0 Å². The van der Waals surface area contributed by atoms with Gasteiger partial charge in [-0.05, 0) is 42.8 Å². The third-order valence-electron chi connectivity index (χ3n) is 3.83. The summed E-state index contributed by atoms with van der Waals surface area (Å²) >= 11 is 5.83. The van der Waals surface area contributed by atoms with Crippen LogP contribution in [0.3, 0.4) is 0 Å². The molecule has 0 heterocycles. The van der Waals surface area contributed by atoms with Crippen molar-refractivity contribution in [3.8, 4) is 0 Å². The number of halogens is 2. The number of carbonyl (C=O) groups excluding carboxylic acids is 3. The fourth-order valence-corrected chi connectivity index (χ4v) is 2.69. The van der Waals surface area contributed by atoms with Crippen LogP contribution in [0.2, 0.25) is 5.02 Å². The zero-order chi connectivity index (χ0) is 20.5. The lowest BCUT2D eigenvalue weighted by Gasteiger charge is -2.09. The molecule has 0 spiro atoms. The van der Waals surface area contributed by atoms with Crippen LogP contribution in [0.5, 0.6) is 0 Å². The SMILES string of the molecule is CCNC(=O)c1cccc(CNC(=O)CCNC(=O)c2ccc(F)cc2Cl)c1. The highest BCUT2D eigenvalue weighted by atomic mass is 35.5. The Kier molecular flexibility index (Phi) is 7.95. The van der Waals surface area contributed by atoms with Crippen molar-refractivity contribution in [2.75, 3.05) is 13.1 Å². The fourth-order valence-electron chi connectivity index (χ4n) is 2.43. The summed E-state index contributed by atoms with van der Waals surface area (Å²) in [5, 5.41) is 8.02. The van der Waals surface area contributed by atoms with Crippen LogP contribution < -0.4 is 16.0 Å². The van der Waals surface area contributed by atoms with Gasteiger partial charge in [0.2, 0.25) is 5.91 Å². The van der Waals surface area contributed by atoms with Crippen molar-refractivity contribution in [2.24, 2.45) is 0 Å². The minimum absolute atomic E-state index is 0.00828. The molecule has 0 saturated heterocycles. The van der Waals surface area contributed by atoms with Gasteiger partial charge in [-0.1, -0.05) is 23.7 Å². The summed E-state index contributed by atoms with van der Waals surface area (Å²) in [6.07, 6.45) is 0.0700. The maximum Gasteiger partial charge on any atom is 0.252 e.